The first-order valence-corrected chi connectivity index (χ1v) is 8.74. The maximum absolute atomic E-state index is 13.8. The Labute approximate surface area is 139 Å². The Morgan fingerprint density at radius 3 is 2.71 bits per heavy atom. The summed E-state index contributed by atoms with van der Waals surface area (Å²) in [5, 5.41) is 10.4. The number of nitrogens with zero attached hydrogens (tertiary/aromatic N) is 2. The van der Waals surface area contributed by atoms with E-state index in [0.717, 1.165) is 0 Å². The van der Waals surface area contributed by atoms with Crippen LogP contribution in [-0.2, 0) is 10.0 Å². The van der Waals surface area contributed by atoms with Gasteiger partial charge in [0.15, 0.2) is 0 Å². The van der Waals surface area contributed by atoms with E-state index >= 15 is 0 Å². The number of anilines is 1. The van der Waals surface area contributed by atoms with E-state index in [0.29, 0.717) is 23.5 Å². The van der Waals surface area contributed by atoms with Crippen LogP contribution < -0.4 is 4.72 Å². The van der Waals surface area contributed by atoms with Crippen LogP contribution >= 0.6 is 11.5 Å². The number of H-pyrrole nitrogens is 1. The molecule has 2 aromatic heterocycles. The molecule has 0 bridgehead atoms. The Morgan fingerprint density at radius 2 is 2.04 bits per heavy atom. The third kappa shape index (κ3) is 2.99. The Morgan fingerprint density at radius 1 is 1.25 bits per heavy atom. The Hall–Kier alpha value is -2.77. The fourth-order valence-electron chi connectivity index (χ4n) is 1.94. The van der Waals surface area contributed by atoms with Gasteiger partial charge in [0.25, 0.3) is 10.0 Å². The van der Waals surface area contributed by atoms with Crippen molar-refractivity contribution < 1.29 is 17.2 Å². The molecule has 6 nitrogen and oxygen atoms in total. The molecule has 3 rings (SSSR count). The van der Waals surface area contributed by atoms with Gasteiger partial charge in [0.2, 0.25) is 0 Å². The van der Waals surface area contributed by atoms with E-state index < -0.39 is 32.9 Å². The first-order valence-electron chi connectivity index (χ1n) is 6.42. The summed E-state index contributed by atoms with van der Waals surface area (Å²) in [7, 11) is -4.14. The number of aromatic nitrogens is 2. The Balaban J connectivity index is 1.93. The van der Waals surface area contributed by atoms with Crippen molar-refractivity contribution in [3.8, 4) is 17.5 Å². The summed E-state index contributed by atoms with van der Waals surface area (Å²) in [4.78, 5) is 2.60. The summed E-state index contributed by atoms with van der Waals surface area (Å²) >= 11 is 1.21. The maximum atomic E-state index is 13.8. The molecule has 0 saturated heterocycles. The molecular formula is C14H8F2N4O2S2. The van der Waals surface area contributed by atoms with E-state index in [1.54, 1.807) is 11.4 Å². The van der Waals surface area contributed by atoms with Crippen LogP contribution in [0.2, 0.25) is 0 Å². The lowest BCUT2D eigenvalue weighted by molar-refractivity contribution is 0.593. The molecule has 2 N–H and O–H groups in total. The highest BCUT2D eigenvalue weighted by molar-refractivity contribution is 7.92. The normalized spacial score (nSPS) is 11.2. The number of sulfonamides is 1. The summed E-state index contributed by atoms with van der Waals surface area (Å²) in [6.07, 6.45) is 1.22. The Bertz CT molecular complexity index is 1040. The smallest absolute Gasteiger partial charge is 0.263 e. The zero-order chi connectivity index (χ0) is 17.3. The van der Waals surface area contributed by atoms with Gasteiger partial charge in [-0.15, -0.1) is 0 Å². The maximum Gasteiger partial charge on any atom is 0.263 e. The summed E-state index contributed by atoms with van der Waals surface area (Å²) < 4.78 is 58.0. The standard InChI is InChI=1S/C14H8F2N4O2S2/c15-10-5-13(11(16)3-8(10)6-17)20-24(21,22)9-4-14(18-7-9)12-1-2-23-19-12/h1-5,7,18,20H. The van der Waals surface area contributed by atoms with Crippen molar-refractivity contribution in [2.24, 2.45) is 0 Å². The zero-order valence-corrected chi connectivity index (χ0v) is 13.4. The monoisotopic (exact) mass is 366 g/mol. The van der Waals surface area contributed by atoms with Gasteiger partial charge in [0.1, 0.15) is 28.3 Å². The van der Waals surface area contributed by atoms with Crippen LogP contribution in [-0.4, -0.2) is 17.8 Å². The molecule has 0 aliphatic heterocycles. The van der Waals surface area contributed by atoms with E-state index in [1.807, 2.05) is 4.72 Å². The van der Waals surface area contributed by atoms with Crippen molar-refractivity contribution in [1.29, 1.82) is 5.26 Å². The first kappa shape index (κ1) is 16.1. The van der Waals surface area contributed by atoms with Gasteiger partial charge in [0.05, 0.1) is 16.9 Å². The van der Waals surface area contributed by atoms with Crippen molar-refractivity contribution in [2.45, 2.75) is 4.90 Å². The van der Waals surface area contributed by atoms with E-state index in [2.05, 4.69) is 9.36 Å². The number of rotatable bonds is 4. The SMILES string of the molecule is N#Cc1cc(F)c(NS(=O)(=O)c2c[nH]c(-c3ccsn3)c2)cc1F. The zero-order valence-electron chi connectivity index (χ0n) is 11.7. The highest BCUT2D eigenvalue weighted by Gasteiger charge is 2.20. The number of nitriles is 1. The summed E-state index contributed by atoms with van der Waals surface area (Å²) in [5.74, 6) is -2.07. The highest BCUT2D eigenvalue weighted by atomic mass is 32.2. The largest absolute Gasteiger partial charge is 0.359 e. The average molecular weight is 366 g/mol. The molecule has 0 unspecified atom stereocenters. The fraction of sp³-hybridized carbons (Fsp3) is 0. The van der Waals surface area contributed by atoms with Crippen LogP contribution in [0.3, 0.4) is 0 Å². The molecule has 0 atom stereocenters. The van der Waals surface area contributed by atoms with Gasteiger partial charge in [-0.25, -0.2) is 17.2 Å². The number of hydrogen-bond acceptors (Lipinski definition) is 5. The third-order valence-electron chi connectivity index (χ3n) is 3.10. The van der Waals surface area contributed by atoms with E-state index in [9.17, 15) is 17.2 Å². The predicted octanol–water partition coefficient (Wildman–Crippen LogP) is 3.09. The molecule has 0 aliphatic carbocycles. The molecule has 0 aliphatic rings. The van der Waals surface area contributed by atoms with Gasteiger partial charge in [-0.1, -0.05) is 0 Å². The molecule has 2 heterocycles. The van der Waals surface area contributed by atoms with Crippen LogP contribution in [0.15, 0.2) is 40.7 Å². The minimum atomic E-state index is -4.14. The van der Waals surface area contributed by atoms with E-state index in [4.69, 9.17) is 5.26 Å². The highest BCUT2D eigenvalue weighted by Crippen LogP contribution is 2.25. The molecule has 1 aromatic carbocycles. The lowest BCUT2D eigenvalue weighted by Gasteiger charge is -2.08. The van der Waals surface area contributed by atoms with Crippen molar-refractivity contribution in [1.82, 2.24) is 9.36 Å². The summed E-state index contributed by atoms with van der Waals surface area (Å²) in [5.41, 5.74) is -0.0500. The molecule has 0 radical (unpaired) electrons. The summed E-state index contributed by atoms with van der Waals surface area (Å²) in [6.45, 7) is 0. The van der Waals surface area contributed by atoms with E-state index in [1.165, 1.54) is 29.9 Å². The Kier molecular flexibility index (Phi) is 4.04. The number of hydrogen-bond donors (Lipinski definition) is 2. The van der Waals surface area contributed by atoms with Crippen molar-refractivity contribution in [3.63, 3.8) is 0 Å². The lowest BCUT2D eigenvalue weighted by atomic mass is 10.2. The second-order valence-electron chi connectivity index (χ2n) is 4.66. The van der Waals surface area contributed by atoms with Gasteiger partial charge in [-0.2, -0.15) is 9.64 Å². The van der Waals surface area contributed by atoms with Gasteiger partial charge in [0, 0.05) is 17.6 Å². The predicted molar refractivity (Wildman–Crippen MR) is 83.8 cm³/mol. The number of nitrogens with one attached hydrogen (secondary N) is 2. The molecule has 0 saturated carbocycles. The quantitative estimate of drug-likeness (QED) is 0.741. The number of halogens is 2. The van der Waals surface area contributed by atoms with Crippen molar-refractivity contribution in [3.05, 3.63) is 53.0 Å². The van der Waals surface area contributed by atoms with Crippen LogP contribution in [0.4, 0.5) is 14.5 Å². The average Bonchev–Trinajstić information content (AvgIpc) is 3.20. The fourth-order valence-corrected chi connectivity index (χ4v) is 3.52. The van der Waals surface area contributed by atoms with Crippen LogP contribution in [0.1, 0.15) is 5.56 Å². The van der Waals surface area contributed by atoms with E-state index in [-0.39, 0.29) is 4.90 Å². The second-order valence-corrected chi connectivity index (χ2v) is 7.01. The molecule has 0 spiro atoms. The third-order valence-corrected chi connectivity index (χ3v) is 5.01. The molecule has 24 heavy (non-hydrogen) atoms. The summed E-state index contributed by atoms with van der Waals surface area (Å²) in [6, 6.07) is 5.76. The van der Waals surface area contributed by atoms with Crippen LogP contribution in [0.25, 0.3) is 11.4 Å². The minimum absolute atomic E-state index is 0.158. The number of aromatic amines is 1. The molecular weight excluding hydrogens is 358 g/mol. The van der Waals surface area contributed by atoms with Gasteiger partial charge in [-0.3, -0.25) is 4.72 Å². The second kappa shape index (κ2) is 6.03. The molecule has 0 amide bonds. The van der Waals surface area contributed by atoms with Crippen LogP contribution in [0.5, 0.6) is 0 Å². The van der Waals surface area contributed by atoms with Crippen molar-refractivity contribution >= 4 is 27.2 Å². The van der Waals surface area contributed by atoms with Gasteiger partial charge >= 0.3 is 0 Å². The van der Waals surface area contributed by atoms with Crippen LogP contribution in [0, 0.1) is 23.0 Å². The lowest BCUT2D eigenvalue weighted by Crippen LogP contribution is -2.13. The first-order chi connectivity index (χ1) is 11.4. The van der Waals surface area contributed by atoms with Crippen molar-refractivity contribution in [2.75, 3.05) is 4.72 Å². The van der Waals surface area contributed by atoms with Gasteiger partial charge in [-0.05, 0) is 29.7 Å². The number of benzene rings is 1. The molecule has 122 valence electrons. The molecule has 10 heteroatoms. The molecule has 3 aromatic rings. The van der Waals surface area contributed by atoms with Gasteiger partial charge < -0.3 is 4.98 Å². The topological polar surface area (TPSA) is 98.6 Å². The molecule has 0 fully saturated rings. The minimum Gasteiger partial charge on any atom is -0.359 e.